The average Bonchev–Trinajstić information content (AvgIpc) is 2.20. The molecule has 76 valence electrons. The minimum absolute atomic E-state index is 0.343. The van der Waals surface area contributed by atoms with Crippen molar-refractivity contribution in [3.05, 3.63) is 29.8 Å². The van der Waals surface area contributed by atoms with Crippen LogP contribution in [-0.2, 0) is 0 Å². The third-order valence-electron chi connectivity index (χ3n) is 2.05. The molecule has 0 fully saturated rings. The first-order valence-electron chi connectivity index (χ1n) is 4.64. The first-order chi connectivity index (χ1) is 6.69. The average molecular weight is 195 g/mol. The van der Waals surface area contributed by atoms with Crippen LogP contribution in [0.25, 0.3) is 0 Å². The van der Waals surface area contributed by atoms with Crippen LogP contribution in [0.4, 0.5) is 4.39 Å². The maximum absolute atomic E-state index is 12.6. The summed E-state index contributed by atoms with van der Waals surface area (Å²) < 4.78 is 12.6. The predicted molar refractivity (Wildman–Crippen MR) is 53.9 cm³/mol. The van der Waals surface area contributed by atoms with E-state index in [0.29, 0.717) is 11.5 Å². The Morgan fingerprint density at radius 1 is 1.43 bits per heavy atom. The number of aromatic nitrogens is 1. The molecule has 0 radical (unpaired) electrons. The van der Waals surface area contributed by atoms with Crippen molar-refractivity contribution >= 4 is 5.84 Å². The molecule has 0 bridgehead atoms. The first kappa shape index (κ1) is 10.6. The summed E-state index contributed by atoms with van der Waals surface area (Å²) in [6.45, 7) is 5.46. The van der Waals surface area contributed by atoms with Crippen molar-refractivity contribution in [3.63, 3.8) is 0 Å². The molecule has 0 saturated heterocycles. The van der Waals surface area contributed by atoms with Crippen LogP contribution in [0.3, 0.4) is 0 Å². The molecule has 1 aromatic rings. The molecule has 0 amide bonds. The Bertz CT molecular complexity index is 304. The lowest BCUT2D eigenvalue weighted by atomic mass is 10.3. The van der Waals surface area contributed by atoms with Crippen molar-refractivity contribution in [2.45, 2.75) is 13.8 Å². The predicted octanol–water partition coefficient (Wildman–Crippen LogP) is 1.89. The third-order valence-corrected chi connectivity index (χ3v) is 2.05. The van der Waals surface area contributed by atoms with Crippen LogP contribution < -0.4 is 0 Å². The molecule has 0 atom stereocenters. The summed E-state index contributed by atoms with van der Waals surface area (Å²) in [6.07, 6.45) is 1.13. The Morgan fingerprint density at radius 3 is 2.50 bits per heavy atom. The van der Waals surface area contributed by atoms with E-state index < -0.39 is 0 Å². The Labute approximate surface area is 83.1 Å². The van der Waals surface area contributed by atoms with Crippen molar-refractivity contribution in [3.8, 4) is 0 Å². The molecule has 0 spiro atoms. The van der Waals surface area contributed by atoms with Crippen LogP contribution >= 0.6 is 0 Å². The van der Waals surface area contributed by atoms with E-state index in [-0.39, 0.29) is 5.82 Å². The van der Waals surface area contributed by atoms with Gasteiger partial charge in [-0.25, -0.2) is 9.37 Å². The lowest BCUT2D eigenvalue weighted by Crippen LogP contribution is -2.31. The van der Waals surface area contributed by atoms with Crippen molar-refractivity contribution in [1.29, 1.82) is 5.41 Å². The minimum Gasteiger partial charge on any atom is -0.356 e. The van der Waals surface area contributed by atoms with E-state index in [9.17, 15) is 4.39 Å². The van der Waals surface area contributed by atoms with E-state index in [1.165, 1.54) is 12.1 Å². The zero-order chi connectivity index (χ0) is 10.6. The van der Waals surface area contributed by atoms with Gasteiger partial charge < -0.3 is 4.90 Å². The number of nitrogens with zero attached hydrogens (tertiary/aromatic N) is 2. The van der Waals surface area contributed by atoms with Gasteiger partial charge >= 0.3 is 0 Å². The molecule has 3 nitrogen and oxygen atoms in total. The van der Waals surface area contributed by atoms with Gasteiger partial charge in [0, 0.05) is 13.1 Å². The second kappa shape index (κ2) is 4.69. The summed E-state index contributed by atoms with van der Waals surface area (Å²) in [7, 11) is 0. The number of halogens is 1. The molecule has 0 unspecified atom stereocenters. The molecule has 1 N–H and O–H groups in total. The zero-order valence-corrected chi connectivity index (χ0v) is 8.42. The second-order valence-corrected chi connectivity index (χ2v) is 2.88. The van der Waals surface area contributed by atoms with E-state index in [1.54, 1.807) is 0 Å². The van der Waals surface area contributed by atoms with Gasteiger partial charge in [-0.15, -0.1) is 0 Å². The minimum atomic E-state index is -0.374. The van der Waals surface area contributed by atoms with E-state index in [1.807, 2.05) is 18.7 Å². The van der Waals surface area contributed by atoms with E-state index >= 15 is 0 Å². The summed E-state index contributed by atoms with van der Waals surface area (Å²) in [5.41, 5.74) is 0.509. The van der Waals surface area contributed by atoms with Crippen LogP contribution in [-0.4, -0.2) is 28.8 Å². The normalized spacial score (nSPS) is 9.93. The monoisotopic (exact) mass is 195 g/mol. The summed E-state index contributed by atoms with van der Waals surface area (Å²) in [5.74, 6) is -0.0314. The van der Waals surface area contributed by atoms with Gasteiger partial charge in [-0.3, -0.25) is 5.41 Å². The van der Waals surface area contributed by atoms with E-state index in [2.05, 4.69) is 4.98 Å². The molecule has 14 heavy (non-hydrogen) atoms. The number of hydrogen-bond donors (Lipinski definition) is 1. The molecule has 0 aliphatic rings. The lowest BCUT2D eigenvalue weighted by Gasteiger charge is -2.20. The molecule has 4 heteroatoms. The van der Waals surface area contributed by atoms with E-state index in [0.717, 1.165) is 19.3 Å². The van der Waals surface area contributed by atoms with Gasteiger partial charge in [0.05, 0.1) is 6.20 Å². The number of hydrogen-bond acceptors (Lipinski definition) is 2. The van der Waals surface area contributed by atoms with Gasteiger partial charge in [0.2, 0.25) is 0 Å². The Morgan fingerprint density at radius 2 is 2.07 bits per heavy atom. The zero-order valence-electron chi connectivity index (χ0n) is 8.42. The van der Waals surface area contributed by atoms with Crippen LogP contribution in [0.15, 0.2) is 18.3 Å². The molecule has 0 aliphatic carbocycles. The van der Waals surface area contributed by atoms with E-state index in [4.69, 9.17) is 5.41 Å². The number of pyridine rings is 1. The highest BCUT2D eigenvalue weighted by molar-refractivity contribution is 5.94. The fraction of sp³-hybridized carbons (Fsp3) is 0.400. The number of rotatable bonds is 3. The van der Waals surface area contributed by atoms with Gasteiger partial charge in [-0.05, 0) is 26.0 Å². The van der Waals surface area contributed by atoms with Gasteiger partial charge in [0.25, 0.3) is 0 Å². The fourth-order valence-electron chi connectivity index (χ4n) is 1.22. The highest BCUT2D eigenvalue weighted by Gasteiger charge is 2.08. The maximum Gasteiger partial charge on any atom is 0.147 e. The van der Waals surface area contributed by atoms with Crippen molar-refractivity contribution in [2.24, 2.45) is 0 Å². The fourth-order valence-corrected chi connectivity index (χ4v) is 1.22. The molecular weight excluding hydrogens is 181 g/mol. The molecule has 1 heterocycles. The molecule has 0 aromatic carbocycles. The highest BCUT2D eigenvalue weighted by atomic mass is 19.1. The largest absolute Gasteiger partial charge is 0.356 e. The first-order valence-corrected chi connectivity index (χ1v) is 4.64. The maximum atomic E-state index is 12.6. The van der Waals surface area contributed by atoms with Crippen molar-refractivity contribution in [2.75, 3.05) is 13.1 Å². The van der Waals surface area contributed by atoms with Crippen LogP contribution in [0.5, 0.6) is 0 Å². The van der Waals surface area contributed by atoms with Crippen molar-refractivity contribution < 1.29 is 4.39 Å². The molecule has 0 aliphatic heterocycles. The topological polar surface area (TPSA) is 40.0 Å². The van der Waals surface area contributed by atoms with Gasteiger partial charge in [-0.2, -0.15) is 0 Å². The van der Waals surface area contributed by atoms with Gasteiger partial charge in [0.15, 0.2) is 0 Å². The SMILES string of the molecule is CCN(CC)C(=N)c1ccc(F)cn1. The summed E-state index contributed by atoms with van der Waals surface area (Å²) in [6, 6.07) is 2.84. The quantitative estimate of drug-likeness (QED) is 0.591. The molecule has 1 rings (SSSR count). The number of amidine groups is 1. The Hall–Kier alpha value is -1.45. The summed E-state index contributed by atoms with van der Waals surface area (Å²) in [4.78, 5) is 5.72. The Balaban J connectivity index is 2.83. The van der Waals surface area contributed by atoms with Crippen LogP contribution in [0, 0.1) is 11.2 Å². The van der Waals surface area contributed by atoms with Crippen LogP contribution in [0.2, 0.25) is 0 Å². The standard InChI is InChI=1S/C10H14FN3/c1-3-14(4-2)10(12)9-6-5-8(11)7-13-9/h5-7,12H,3-4H2,1-2H3. The van der Waals surface area contributed by atoms with Crippen molar-refractivity contribution in [1.82, 2.24) is 9.88 Å². The number of nitrogens with one attached hydrogen (secondary N) is 1. The van der Waals surface area contributed by atoms with Gasteiger partial charge in [0.1, 0.15) is 17.3 Å². The third kappa shape index (κ3) is 2.28. The van der Waals surface area contributed by atoms with Crippen LogP contribution in [0.1, 0.15) is 19.5 Å². The second-order valence-electron chi connectivity index (χ2n) is 2.88. The molecule has 0 saturated carbocycles. The smallest absolute Gasteiger partial charge is 0.147 e. The van der Waals surface area contributed by atoms with Gasteiger partial charge in [-0.1, -0.05) is 0 Å². The lowest BCUT2D eigenvalue weighted by molar-refractivity contribution is 0.462. The Kier molecular flexibility index (Phi) is 3.56. The highest BCUT2D eigenvalue weighted by Crippen LogP contribution is 2.02. The molecule has 1 aromatic heterocycles. The molecular formula is C10H14FN3. The summed E-state index contributed by atoms with van der Waals surface area (Å²) >= 11 is 0. The summed E-state index contributed by atoms with van der Waals surface area (Å²) in [5, 5.41) is 7.80.